The van der Waals surface area contributed by atoms with Crippen LogP contribution in [-0.2, 0) is 6.54 Å². The summed E-state index contributed by atoms with van der Waals surface area (Å²) in [5, 5.41) is 0.792. The summed E-state index contributed by atoms with van der Waals surface area (Å²) in [4.78, 5) is 25.0. The van der Waals surface area contributed by atoms with Crippen molar-refractivity contribution in [3.63, 3.8) is 0 Å². The third kappa shape index (κ3) is 4.10. The summed E-state index contributed by atoms with van der Waals surface area (Å²) >= 11 is 1.42. The predicted molar refractivity (Wildman–Crippen MR) is 113 cm³/mol. The number of aryl methyl sites for hydroxylation is 1. The standard InChI is InChI=1S/C22H23N3O3S/c1-14-20(22(26)25(17-8-9-17)13-16-6-4-5-11-23-16)29-21(24-14)15-7-10-18(27-2)19(12-15)28-3/h4-7,10-12,17H,8-9,13H2,1-3H3. The van der Waals surface area contributed by atoms with Gasteiger partial charge in [0.05, 0.1) is 32.2 Å². The van der Waals surface area contributed by atoms with Crippen molar-refractivity contribution >= 4 is 17.2 Å². The second-order valence-electron chi connectivity index (χ2n) is 6.99. The quantitative estimate of drug-likeness (QED) is 0.581. The number of hydrogen-bond donors (Lipinski definition) is 0. The van der Waals surface area contributed by atoms with Gasteiger partial charge in [0.2, 0.25) is 0 Å². The van der Waals surface area contributed by atoms with Crippen LogP contribution in [0.4, 0.5) is 0 Å². The van der Waals surface area contributed by atoms with E-state index in [1.54, 1.807) is 20.4 Å². The van der Waals surface area contributed by atoms with Crippen molar-refractivity contribution in [3.8, 4) is 22.1 Å². The molecule has 0 bridgehead atoms. The first-order valence-corrected chi connectivity index (χ1v) is 10.3. The van der Waals surface area contributed by atoms with Gasteiger partial charge in [-0.3, -0.25) is 9.78 Å². The molecule has 0 saturated heterocycles. The summed E-state index contributed by atoms with van der Waals surface area (Å²) in [5.74, 6) is 1.33. The molecule has 0 N–H and O–H groups in total. The van der Waals surface area contributed by atoms with Crippen molar-refractivity contribution in [3.05, 3.63) is 58.9 Å². The Morgan fingerprint density at radius 2 is 1.97 bits per heavy atom. The zero-order valence-corrected chi connectivity index (χ0v) is 17.5. The Labute approximate surface area is 174 Å². The monoisotopic (exact) mass is 409 g/mol. The molecule has 1 aliphatic rings. The number of methoxy groups -OCH3 is 2. The molecule has 1 aromatic carbocycles. The van der Waals surface area contributed by atoms with E-state index in [0.717, 1.165) is 34.8 Å². The third-order valence-corrected chi connectivity index (χ3v) is 6.12. The van der Waals surface area contributed by atoms with Crippen LogP contribution in [0.3, 0.4) is 0 Å². The second kappa shape index (κ2) is 8.21. The van der Waals surface area contributed by atoms with E-state index in [2.05, 4.69) is 9.97 Å². The third-order valence-electron chi connectivity index (χ3n) is 4.93. The van der Waals surface area contributed by atoms with Crippen LogP contribution in [0.1, 0.15) is 33.9 Å². The number of carbonyl (C=O) groups is 1. The Hall–Kier alpha value is -2.93. The number of thiazole rings is 1. The maximum atomic E-state index is 13.3. The number of hydrogen-bond acceptors (Lipinski definition) is 6. The zero-order chi connectivity index (χ0) is 20.4. The average molecular weight is 410 g/mol. The highest BCUT2D eigenvalue weighted by Crippen LogP contribution is 2.37. The van der Waals surface area contributed by atoms with Crippen LogP contribution in [0.5, 0.6) is 11.5 Å². The van der Waals surface area contributed by atoms with Gasteiger partial charge in [0.15, 0.2) is 11.5 Å². The van der Waals surface area contributed by atoms with E-state index < -0.39 is 0 Å². The SMILES string of the molecule is COc1ccc(-c2nc(C)c(C(=O)N(Cc3ccccn3)C3CC3)s2)cc1OC. The minimum Gasteiger partial charge on any atom is -0.493 e. The fourth-order valence-electron chi connectivity index (χ4n) is 3.24. The fourth-order valence-corrected chi connectivity index (χ4v) is 4.26. The maximum Gasteiger partial charge on any atom is 0.266 e. The summed E-state index contributed by atoms with van der Waals surface area (Å²) in [6.45, 7) is 2.41. The minimum absolute atomic E-state index is 0.0277. The maximum absolute atomic E-state index is 13.3. The van der Waals surface area contributed by atoms with Crippen LogP contribution >= 0.6 is 11.3 Å². The normalized spacial score (nSPS) is 13.2. The van der Waals surface area contributed by atoms with E-state index in [-0.39, 0.29) is 11.9 Å². The molecule has 0 unspecified atom stereocenters. The van der Waals surface area contributed by atoms with Crippen molar-refractivity contribution < 1.29 is 14.3 Å². The summed E-state index contributed by atoms with van der Waals surface area (Å²) in [6.07, 6.45) is 3.84. The van der Waals surface area contributed by atoms with E-state index in [0.29, 0.717) is 22.9 Å². The Morgan fingerprint density at radius 3 is 2.62 bits per heavy atom. The minimum atomic E-state index is 0.0277. The Kier molecular flexibility index (Phi) is 5.49. The van der Waals surface area contributed by atoms with Gasteiger partial charge in [-0.25, -0.2) is 4.98 Å². The molecule has 7 heteroatoms. The lowest BCUT2D eigenvalue weighted by Gasteiger charge is -2.21. The summed E-state index contributed by atoms with van der Waals surface area (Å²) < 4.78 is 10.7. The van der Waals surface area contributed by atoms with Crippen molar-refractivity contribution in [2.24, 2.45) is 0 Å². The Balaban J connectivity index is 1.62. The Morgan fingerprint density at radius 1 is 1.17 bits per heavy atom. The first-order valence-electron chi connectivity index (χ1n) is 9.51. The molecule has 150 valence electrons. The van der Waals surface area contributed by atoms with Crippen molar-refractivity contribution in [1.82, 2.24) is 14.9 Å². The van der Waals surface area contributed by atoms with Crippen LogP contribution in [0, 0.1) is 6.92 Å². The fraction of sp³-hybridized carbons (Fsp3) is 0.318. The van der Waals surface area contributed by atoms with E-state index in [9.17, 15) is 4.79 Å². The molecule has 1 aliphatic carbocycles. The molecule has 0 atom stereocenters. The van der Waals surface area contributed by atoms with Crippen LogP contribution < -0.4 is 9.47 Å². The number of rotatable bonds is 7. The number of ether oxygens (including phenoxy) is 2. The van der Waals surface area contributed by atoms with Crippen LogP contribution in [0.2, 0.25) is 0 Å². The second-order valence-corrected chi connectivity index (χ2v) is 7.99. The van der Waals surface area contributed by atoms with Gasteiger partial charge in [0.25, 0.3) is 5.91 Å². The lowest BCUT2D eigenvalue weighted by molar-refractivity contribution is 0.0731. The highest BCUT2D eigenvalue weighted by Gasteiger charge is 2.35. The number of aromatic nitrogens is 2. The van der Waals surface area contributed by atoms with Gasteiger partial charge >= 0.3 is 0 Å². The van der Waals surface area contributed by atoms with E-state index >= 15 is 0 Å². The molecule has 0 spiro atoms. The van der Waals surface area contributed by atoms with Gasteiger partial charge < -0.3 is 14.4 Å². The molecular weight excluding hydrogens is 386 g/mol. The number of benzene rings is 1. The highest BCUT2D eigenvalue weighted by atomic mass is 32.1. The van der Waals surface area contributed by atoms with Crippen molar-refractivity contribution in [1.29, 1.82) is 0 Å². The van der Waals surface area contributed by atoms with Gasteiger partial charge in [0.1, 0.15) is 9.88 Å². The van der Waals surface area contributed by atoms with Gasteiger partial charge in [-0.2, -0.15) is 0 Å². The van der Waals surface area contributed by atoms with Gasteiger partial charge in [0, 0.05) is 17.8 Å². The van der Waals surface area contributed by atoms with E-state index in [1.165, 1.54) is 11.3 Å². The molecule has 2 aromatic heterocycles. The van der Waals surface area contributed by atoms with Crippen LogP contribution in [0.25, 0.3) is 10.6 Å². The molecule has 3 aromatic rings. The molecule has 29 heavy (non-hydrogen) atoms. The highest BCUT2D eigenvalue weighted by molar-refractivity contribution is 7.17. The first-order chi connectivity index (χ1) is 14.1. The molecule has 1 fully saturated rings. The van der Waals surface area contributed by atoms with Crippen LogP contribution in [-0.4, -0.2) is 41.0 Å². The van der Waals surface area contributed by atoms with Gasteiger partial charge in [-0.1, -0.05) is 6.07 Å². The first kappa shape index (κ1) is 19.4. The lowest BCUT2D eigenvalue weighted by atomic mass is 10.2. The molecule has 4 rings (SSSR count). The topological polar surface area (TPSA) is 64.5 Å². The summed E-state index contributed by atoms with van der Waals surface area (Å²) in [5.41, 5.74) is 2.55. The van der Waals surface area contributed by atoms with E-state index in [1.807, 2.05) is 48.2 Å². The largest absolute Gasteiger partial charge is 0.493 e. The average Bonchev–Trinajstić information content (AvgIpc) is 3.52. The van der Waals surface area contributed by atoms with Gasteiger partial charge in [-0.15, -0.1) is 11.3 Å². The molecular formula is C22H23N3O3S. The smallest absolute Gasteiger partial charge is 0.266 e. The summed E-state index contributed by atoms with van der Waals surface area (Å²) in [7, 11) is 3.21. The van der Waals surface area contributed by atoms with Crippen molar-refractivity contribution in [2.75, 3.05) is 14.2 Å². The molecule has 1 saturated carbocycles. The molecule has 0 aliphatic heterocycles. The number of nitrogens with zero attached hydrogens (tertiary/aromatic N) is 3. The lowest BCUT2D eigenvalue weighted by Crippen LogP contribution is -2.32. The molecule has 1 amide bonds. The van der Waals surface area contributed by atoms with Crippen molar-refractivity contribution in [2.45, 2.75) is 32.4 Å². The number of carbonyl (C=O) groups excluding carboxylic acids is 1. The molecule has 2 heterocycles. The van der Waals surface area contributed by atoms with Crippen LogP contribution in [0.15, 0.2) is 42.6 Å². The zero-order valence-electron chi connectivity index (χ0n) is 16.7. The predicted octanol–water partition coefficient (Wildman–Crippen LogP) is 4.34. The Bertz CT molecular complexity index is 1020. The number of pyridine rings is 1. The van der Waals surface area contributed by atoms with E-state index in [4.69, 9.17) is 9.47 Å². The number of amides is 1. The molecule has 0 radical (unpaired) electrons. The van der Waals surface area contributed by atoms with Gasteiger partial charge in [-0.05, 0) is 50.1 Å². The molecule has 6 nitrogen and oxygen atoms in total. The summed E-state index contributed by atoms with van der Waals surface area (Å²) in [6, 6.07) is 11.7.